The minimum absolute atomic E-state index is 0. The van der Waals surface area contributed by atoms with Gasteiger partial charge < -0.3 is 10.6 Å². The number of nitrogens with zero attached hydrogens (tertiary/aromatic N) is 1. The van der Waals surface area contributed by atoms with Gasteiger partial charge in [-0.15, -0.1) is 12.4 Å². The van der Waals surface area contributed by atoms with E-state index >= 15 is 0 Å². The second-order valence-corrected chi connectivity index (χ2v) is 4.56. The van der Waals surface area contributed by atoms with Crippen molar-refractivity contribution < 1.29 is 4.79 Å². The van der Waals surface area contributed by atoms with Gasteiger partial charge in [-0.2, -0.15) is 0 Å². The molecule has 0 saturated carbocycles. The molecule has 1 aromatic rings. The number of benzene rings is 1. The molecule has 0 aliphatic heterocycles. The van der Waals surface area contributed by atoms with Gasteiger partial charge in [0.05, 0.1) is 6.04 Å². The summed E-state index contributed by atoms with van der Waals surface area (Å²) in [6, 6.07) is 7.62. The zero-order valence-corrected chi connectivity index (χ0v) is 12.3. The largest absolute Gasteiger partial charge is 0.339 e. The molecule has 0 saturated heterocycles. The third-order valence-corrected chi connectivity index (χ3v) is 3.17. The molecule has 5 heteroatoms. The lowest BCUT2D eigenvalue weighted by molar-refractivity contribution is -0.131. The molecule has 102 valence electrons. The lowest BCUT2D eigenvalue weighted by atomic mass is 10.1. The van der Waals surface area contributed by atoms with Gasteiger partial charge in [0.25, 0.3) is 0 Å². The fraction of sp³-hybridized carbons (Fsp3) is 0.462. The van der Waals surface area contributed by atoms with Crippen LogP contribution in [0, 0.1) is 0 Å². The average Bonchev–Trinajstić information content (AvgIpc) is 2.35. The van der Waals surface area contributed by atoms with Crippen molar-refractivity contribution in [3.63, 3.8) is 0 Å². The fourth-order valence-electron chi connectivity index (χ4n) is 1.61. The van der Waals surface area contributed by atoms with Crippen molar-refractivity contribution in [1.29, 1.82) is 0 Å². The van der Waals surface area contributed by atoms with E-state index in [0.717, 1.165) is 12.0 Å². The summed E-state index contributed by atoms with van der Waals surface area (Å²) in [6.07, 6.45) is 1.24. The minimum atomic E-state index is 0. The molecule has 0 bridgehead atoms. The van der Waals surface area contributed by atoms with E-state index in [9.17, 15) is 4.79 Å². The van der Waals surface area contributed by atoms with Crippen LogP contribution < -0.4 is 5.73 Å². The molecule has 0 fully saturated rings. The molecule has 0 spiro atoms. The van der Waals surface area contributed by atoms with Crippen LogP contribution in [-0.4, -0.2) is 24.4 Å². The first-order chi connectivity index (χ1) is 8.06. The van der Waals surface area contributed by atoms with Crippen LogP contribution in [-0.2, 0) is 4.79 Å². The van der Waals surface area contributed by atoms with Crippen molar-refractivity contribution in [2.24, 2.45) is 5.73 Å². The van der Waals surface area contributed by atoms with E-state index in [1.807, 2.05) is 38.2 Å². The van der Waals surface area contributed by atoms with Crippen molar-refractivity contribution in [2.75, 3.05) is 13.6 Å². The molecule has 1 atom stereocenters. The van der Waals surface area contributed by atoms with Crippen molar-refractivity contribution in [3.05, 3.63) is 34.9 Å². The number of carbonyl (C=O) groups excluding carboxylic acids is 1. The van der Waals surface area contributed by atoms with E-state index in [-0.39, 0.29) is 24.4 Å². The Hall–Kier alpha value is -0.770. The van der Waals surface area contributed by atoms with E-state index in [4.69, 9.17) is 17.3 Å². The van der Waals surface area contributed by atoms with Gasteiger partial charge in [-0.3, -0.25) is 4.79 Å². The Bertz CT molecular complexity index is 368. The van der Waals surface area contributed by atoms with Gasteiger partial charge in [-0.05, 0) is 37.6 Å². The first kappa shape index (κ1) is 17.2. The van der Waals surface area contributed by atoms with Gasteiger partial charge in [0.1, 0.15) is 0 Å². The number of nitrogens with two attached hydrogens (primary N) is 1. The molecule has 1 amide bonds. The summed E-state index contributed by atoms with van der Waals surface area (Å²) in [7, 11) is 1.82. The summed E-state index contributed by atoms with van der Waals surface area (Å²) in [4.78, 5) is 13.6. The monoisotopic (exact) mass is 290 g/mol. The minimum Gasteiger partial charge on any atom is -0.339 e. The Balaban J connectivity index is 0.00000289. The summed E-state index contributed by atoms with van der Waals surface area (Å²) in [6.45, 7) is 2.55. The Kier molecular flexibility index (Phi) is 8.00. The highest BCUT2D eigenvalue weighted by Crippen LogP contribution is 2.21. The Morgan fingerprint density at radius 2 is 1.94 bits per heavy atom. The van der Waals surface area contributed by atoms with Gasteiger partial charge in [-0.1, -0.05) is 23.7 Å². The molecule has 0 heterocycles. The molecule has 0 radical (unpaired) electrons. The molecule has 0 aliphatic carbocycles. The number of carbonyl (C=O) groups is 1. The number of halogens is 2. The van der Waals surface area contributed by atoms with Gasteiger partial charge in [0.2, 0.25) is 5.91 Å². The van der Waals surface area contributed by atoms with E-state index in [2.05, 4.69) is 0 Å². The number of hydrogen-bond donors (Lipinski definition) is 1. The highest BCUT2D eigenvalue weighted by molar-refractivity contribution is 6.30. The van der Waals surface area contributed by atoms with E-state index in [1.165, 1.54) is 0 Å². The van der Waals surface area contributed by atoms with Crippen LogP contribution in [0.15, 0.2) is 24.3 Å². The second-order valence-electron chi connectivity index (χ2n) is 4.12. The molecule has 1 rings (SSSR count). The molecule has 18 heavy (non-hydrogen) atoms. The molecule has 0 aliphatic rings. The SMILES string of the molecule is CC(c1ccc(Cl)cc1)N(C)C(=O)CCCN.Cl. The zero-order valence-electron chi connectivity index (χ0n) is 10.7. The topological polar surface area (TPSA) is 46.3 Å². The third-order valence-electron chi connectivity index (χ3n) is 2.92. The van der Waals surface area contributed by atoms with Gasteiger partial charge in [-0.25, -0.2) is 0 Å². The Morgan fingerprint density at radius 3 is 2.44 bits per heavy atom. The average molecular weight is 291 g/mol. The summed E-state index contributed by atoms with van der Waals surface area (Å²) in [5.41, 5.74) is 6.48. The van der Waals surface area contributed by atoms with Gasteiger partial charge in [0.15, 0.2) is 0 Å². The van der Waals surface area contributed by atoms with E-state index < -0.39 is 0 Å². The number of rotatable bonds is 5. The summed E-state index contributed by atoms with van der Waals surface area (Å²) in [5.74, 6) is 0.123. The molecule has 1 aromatic carbocycles. The predicted octanol–water partition coefficient (Wildman–Crippen LogP) is 3.02. The number of hydrogen-bond acceptors (Lipinski definition) is 2. The van der Waals surface area contributed by atoms with Crippen LogP contribution in [0.5, 0.6) is 0 Å². The van der Waals surface area contributed by atoms with Crippen molar-refractivity contribution in [2.45, 2.75) is 25.8 Å². The van der Waals surface area contributed by atoms with Gasteiger partial charge >= 0.3 is 0 Å². The Morgan fingerprint density at radius 1 is 1.39 bits per heavy atom. The van der Waals surface area contributed by atoms with Crippen LogP contribution in [0.1, 0.15) is 31.4 Å². The normalized spacial score (nSPS) is 11.6. The highest BCUT2D eigenvalue weighted by atomic mass is 35.5. The highest BCUT2D eigenvalue weighted by Gasteiger charge is 2.16. The maximum Gasteiger partial charge on any atom is 0.222 e. The smallest absolute Gasteiger partial charge is 0.222 e. The van der Waals surface area contributed by atoms with Crippen molar-refractivity contribution >= 4 is 29.9 Å². The maximum atomic E-state index is 11.8. The molecular weight excluding hydrogens is 271 g/mol. The van der Waals surface area contributed by atoms with Crippen LogP contribution in [0.25, 0.3) is 0 Å². The lowest BCUT2D eigenvalue weighted by Gasteiger charge is -2.25. The van der Waals surface area contributed by atoms with Gasteiger partial charge in [0, 0.05) is 18.5 Å². The fourth-order valence-corrected chi connectivity index (χ4v) is 1.74. The van der Waals surface area contributed by atoms with Crippen molar-refractivity contribution in [1.82, 2.24) is 4.90 Å². The summed E-state index contributed by atoms with van der Waals surface area (Å²) in [5, 5.41) is 0.707. The molecule has 3 nitrogen and oxygen atoms in total. The van der Waals surface area contributed by atoms with Crippen LogP contribution >= 0.6 is 24.0 Å². The molecule has 1 unspecified atom stereocenters. The van der Waals surface area contributed by atoms with E-state index in [0.29, 0.717) is 18.0 Å². The van der Waals surface area contributed by atoms with Crippen LogP contribution in [0.4, 0.5) is 0 Å². The first-order valence-corrected chi connectivity index (χ1v) is 6.15. The third kappa shape index (κ3) is 4.84. The number of amides is 1. The first-order valence-electron chi connectivity index (χ1n) is 5.77. The van der Waals surface area contributed by atoms with E-state index in [1.54, 1.807) is 4.90 Å². The molecule has 2 N–H and O–H groups in total. The second kappa shape index (κ2) is 8.35. The predicted molar refractivity (Wildman–Crippen MR) is 78.2 cm³/mol. The van der Waals surface area contributed by atoms with Crippen molar-refractivity contribution in [3.8, 4) is 0 Å². The summed E-state index contributed by atoms with van der Waals surface area (Å²) < 4.78 is 0. The zero-order chi connectivity index (χ0) is 12.8. The Labute approximate surface area is 120 Å². The molecular formula is C13H20Cl2N2O. The molecule has 0 aromatic heterocycles. The lowest BCUT2D eigenvalue weighted by Crippen LogP contribution is -2.29. The summed E-state index contributed by atoms with van der Waals surface area (Å²) >= 11 is 5.83. The van der Waals surface area contributed by atoms with Crippen LogP contribution in [0.2, 0.25) is 5.02 Å². The van der Waals surface area contributed by atoms with Crippen LogP contribution in [0.3, 0.4) is 0 Å². The standard InChI is InChI=1S/C13H19ClN2O.ClH/c1-10(11-5-7-12(14)8-6-11)16(2)13(17)4-3-9-15;/h5-8,10H,3-4,9,15H2,1-2H3;1H. The quantitative estimate of drug-likeness (QED) is 0.906. The maximum absolute atomic E-state index is 11.8.